The molecule has 0 atom stereocenters. The Morgan fingerprint density at radius 1 is 0.971 bits per heavy atom. The number of ether oxygens (including phenoxy) is 1. The molecule has 172 valence electrons. The van der Waals surface area contributed by atoms with Gasteiger partial charge in [0.2, 0.25) is 0 Å². The van der Waals surface area contributed by atoms with Gasteiger partial charge in [0.1, 0.15) is 17.9 Å². The van der Waals surface area contributed by atoms with Crippen LogP contribution in [0.4, 0.5) is 10.5 Å². The molecule has 0 radical (unpaired) electrons. The first-order valence-electron chi connectivity index (χ1n) is 10.4. The minimum atomic E-state index is -0.768. The lowest BCUT2D eigenvalue weighted by Crippen LogP contribution is -2.54. The van der Waals surface area contributed by atoms with Crippen LogP contribution in [0.2, 0.25) is 0 Å². The van der Waals surface area contributed by atoms with Gasteiger partial charge in [-0.25, -0.2) is 9.69 Å². The molecular formula is C26H20BrIN2O4. The Morgan fingerprint density at radius 2 is 1.71 bits per heavy atom. The number of imide groups is 2. The number of aryl methyl sites for hydroxylation is 2. The first-order chi connectivity index (χ1) is 16.2. The molecule has 1 fully saturated rings. The second-order valence-corrected chi connectivity index (χ2v) is 9.93. The van der Waals surface area contributed by atoms with Crippen molar-refractivity contribution in [1.29, 1.82) is 0 Å². The summed E-state index contributed by atoms with van der Waals surface area (Å²) in [6.07, 6.45) is 1.46. The van der Waals surface area contributed by atoms with Crippen LogP contribution in [0.15, 0.2) is 70.7 Å². The number of halogens is 2. The molecule has 3 aromatic carbocycles. The van der Waals surface area contributed by atoms with Crippen LogP contribution in [0.1, 0.15) is 22.3 Å². The smallest absolute Gasteiger partial charge is 0.335 e. The van der Waals surface area contributed by atoms with Gasteiger partial charge in [-0.15, -0.1) is 0 Å². The molecule has 6 nitrogen and oxygen atoms in total. The highest BCUT2D eigenvalue weighted by atomic mass is 127. The van der Waals surface area contributed by atoms with Gasteiger partial charge in [0.25, 0.3) is 11.8 Å². The number of nitrogens with one attached hydrogen (secondary N) is 1. The number of barbiturate groups is 1. The number of hydrogen-bond acceptors (Lipinski definition) is 4. The fourth-order valence-corrected chi connectivity index (χ4v) is 4.26. The molecule has 0 aromatic heterocycles. The summed E-state index contributed by atoms with van der Waals surface area (Å²) in [6.45, 7) is 4.24. The van der Waals surface area contributed by atoms with Gasteiger partial charge in [0.05, 0.1) is 10.2 Å². The number of nitrogens with zero attached hydrogens (tertiary/aromatic N) is 1. The highest BCUT2D eigenvalue weighted by Gasteiger charge is 2.36. The van der Waals surface area contributed by atoms with E-state index in [1.165, 1.54) is 6.08 Å². The molecule has 0 aliphatic carbocycles. The topological polar surface area (TPSA) is 75.7 Å². The lowest BCUT2D eigenvalue weighted by Gasteiger charge is -2.26. The van der Waals surface area contributed by atoms with Crippen molar-refractivity contribution in [1.82, 2.24) is 5.32 Å². The van der Waals surface area contributed by atoms with Gasteiger partial charge in [0, 0.05) is 3.57 Å². The Bertz CT molecular complexity index is 1340. The van der Waals surface area contributed by atoms with E-state index in [9.17, 15) is 14.4 Å². The van der Waals surface area contributed by atoms with E-state index in [-0.39, 0.29) is 5.57 Å². The van der Waals surface area contributed by atoms with Crippen molar-refractivity contribution in [2.24, 2.45) is 0 Å². The predicted molar refractivity (Wildman–Crippen MR) is 143 cm³/mol. The highest BCUT2D eigenvalue weighted by molar-refractivity contribution is 14.1. The number of benzene rings is 3. The fourth-order valence-electron chi connectivity index (χ4n) is 3.39. The fraction of sp³-hybridized carbons (Fsp3) is 0.115. The van der Waals surface area contributed by atoms with E-state index in [4.69, 9.17) is 4.74 Å². The molecule has 0 unspecified atom stereocenters. The summed E-state index contributed by atoms with van der Waals surface area (Å²) in [7, 11) is 0. The maximum absolute atomic E-state index is 13.1. The lowest BCUT2D eigenvalue weighted by atomic mass is 10.1. The van der Waals surface area contributed by atoms with Crippen LogP contribution < -0.4 is 15.0 Å². The van der Waals surface area contributed by atoms with Crippen LogP contribution in [0.25, 0.3) is 6.08 Å². The number of carbonyl (C=O) groups is 3. The first-order valence-corrected chi connectivity index (χ1v) is 12.3. The third kappa shape index (κ3) is 5.23. The van der Waals surface area contributed by atoms with Gasteiger partial charge in [-0.3, -0.25) is 14.9 Å². The van der Waals surface area contributed by atoms with Gasteiger partial charge in [0.15, 0.2) is 0 Å². The monoisotopic (exact) mass is 630 g/mol. The Morgan fingerprint density at radius 3 is 2.38 bits per heavy atom. The van der Waals surface area contributed by atoms with Crippen LogP contribution in [-0.2, 0) is 16.2 Å². The van der Waals surface area contributed by atoms with E-state index in [2.05, 4.69) is 43.8 Å². The maximum Gasteiger partial charge on any atom is 0.335 e. The third-order valence-electron chi connectivity index (χ3n) is 5.42. The molecule has 1 saturated heterocycles. The lowest BCUT2D eigenvalue weighted by molar-refractivity contribution is -0.122. The number of amides is 4. The normalized spacial score (nSPS) is 15.0. The SMILES string of the molecule is Cc1ccc(N2C(=O)NC(=O)/C(=C\c3ccc(OCc4ccc(I)cc4)c(Br)c3)C2=O)cc1C. The van der Waals surface area contributed by atoms with E-state index in [0.29, 0.717) is 28.1 Å². The molecule has 0 bridgehead atoms. The number of carbonyl (C=O) groups excluding carboxylic acids is 3. The summed E-state index contributed by atoms with van der Waals surface area (Å²) < 4.78 is 7.72. The van der Waals surface area contributed by atoms with E-state index in [1.807, 2.05) is 44.2 Å². The van der Waals surface area contributed by atoms with Crippen LogP contribution in [0.3, 0.4) is 0 Å². The van der Waals surface area contributed by atoms with Gasteiger partial charge in [-0.1, -0.05) is 24.3 Å². The number of hydrogen-bond donors (Lipinski definition) is 1. The van der Waals surface area contributed by atoms with E-state index < -0.39 is 17.8 Å². The summed E-state index contributed by atoms with van der Waals surface area (Å²) in [5, 5.41) is 2.25. The summed E-state index contributed by atoms with van der Waals surface area (Å²) in [5.74, 6) is -0.774. The van der Waals surface area contributed by atoms with Crippen LogP contribution in [-0.4, -0.2) is 17.8 Å². The van der Waals surface area contributed by atoms with Gasteiger partial charge >= 0.3 is 6.03 Å². The molecule has 0 saturated carbocycles. The van der Waals surface area contributed by atoms with Crippen molar-refractivity contribution >= 4 is 68.1 Å². The summed E-state index contributed by atoms with van der Waals surface area (Å²) >= 11 is 5.75. The summed E-state index contributed by atoms with van der Waals surface area (Å²) in [5.41, 5.74) is 3.90. The first kappa shape index (κ1) is 24.2. The maximum atomic E-state index is 13.1. The van der Waals surface area contributed by atoms with Gasteiger partial charge in [-0.2, -0.15) is 0 Å². The molecule has 1 aliphatic rings. The van der Waals surface area contributed by atoms with E-state index in [1.54, 1.807) is 30.3 Å². The Hall–Kier alpha value is -2.98. The number of rotatable bonds is 5. The predicted octanol–water partition coefficient (Wildman–Crippen LogP) is 5.92. The average Bonchev–Trinajstić information content (AvgIpc) is 2.79. The molecular weight excluding hydrogens is 611 g/mol. The van der Waals surface area contributed by atoms with Crippen LogP contribution >= 0.6 is 38.5 Å². The van der Waals surface area contributed by atoms with Gasteiger partial charge in [-0.05, 0) is 117 Å². The van der Waals surface area contributed by atoms with Crippen molar-refractivity contribution in [3.8, 4) is 5.75 Å². The Balaban J connectivity index is 1.56. The molecule has 3 aromatic rings. The standard InChI is InChI=1S/C26H20BrIN2O4/c1-15-3-9-20(11-16(15)2)30-25(32)21(24(31)29-26(30)33)12-18-6-10-23(22(27)13-18)34-14-17-4-7-19(28)8-5-17/h3-13H,14H2,1-2H3,(H,29,31,33)/b21-12+. The minimum absolute atomic E-state index is 0.128. The molecule has 1 aliphatic heterocycles. The van der Waals surface area contributed by atoms with Crippen molar-refractivity contribution in [2.45, 2.75) is 20.5 Å². The molecule has 0 spiro atoms. The largest absolute Gasteiger partial charge is 0.488 e. The van der Waals surface area contributed by atoms with Crippen molar-refractivity contribution in [2.75, 3.05) is 4.90 Å². The average molecular weight is 631 g/mol. The van der Waals surface area contributed by atoms with Gasteiger partial charge < -0.3 is 4.74 Å². The van der Waals surface area contributed by atoms with Crippen molar-refractivity contribution < 1.29 is 19.1 Å². The molecule has 1 heterocycles. The molecule has 1 N–H and O–H groups in total. The second-order valence-electron chi connectivity index (χ2n) is 7.83. The summed E-state index contributed by atoms with van der Waals surface area (Å²) in [6, 6.07) is 17.8. The molecule has 8 heteroatoms. The van der Waals surface area contributed by atoms with Crippen LogP contribution in [0, 0.1) is 17.4 Å². The molecule has 4 rings (SSSR count). The quantitative estimate of drug-likeness (QED) is 0.216. The highest BCUT2D eigenvalue weighted by Crippen LogP contribution is 2.29. The minimum Gasteiger partial charge on any atom is -0.488 e. The van der Waals surface area contributed by atoms with Crippen molar-refractivity contribution in [3.05, 3.63) is 96.5 Å². The van der Waals surface area contributed by atoms with Crippen LogP contribution in [0.5, 0.6) is 5.75 Å². The third-order valence-corrected chi connectivity index (χ3v) is 6.76. The Labute approximate surface area is 219 Å². The zero-order valence-corrected chi connectivity index (χ0v) is 22.1. The second kappa shape index (κ2) is 10.1. The zero-order valence-electron chi connectivity index (χ0n) is 18.4. The molecule has 4 amide bonds. The zero-order chi connectivity index (χ0) is 24.4. The van der Waals surface area contributed by atoms with Crippen molar-refractivity contribution in [3.63, 3.8) is 0 Å². The van der Waals surface area contributed by atoms with E-state index >= 15 is 0 Å². The Kier molecular flexibility index (Phi) is 7.18. The summed E-state index contributed by atoms with van der Waals surface area (Å²) in [4.78, 5) is 39.0. The number of anilines is 1. The number of urea groups is 1. The van der Waals surface area contributed by atoms with E-state index in [0.717, 1.165) is 25.2 Å². The molecule has 34 heavy (non-hydrogen) atoms.